The molecule has 0 aliphatic carbocycles. The van der Waals surface area contributed by atoms with E-state index >= 15 is 0 Å². The van der Waals surface area contributed by atoms with Gasteiger partial charge in [-0.15, -0.1) is 0 Å². The van der Waals surface area contributed by atoms with Crippen molar-refractivity contribution in [3.8, 4) is 5.69 Å². The van der Waals surface area contributed by atoms with Gasteiger partial charge in [0.1, 0.15) is 5.82 Å². The molecule has 1 amide bonds. The fourth-order valence-corrected chi connectivity index (χ4v) is 3.37. The molecule has 140 valence electrons. The molecule has 0 atom stereocenters. The van der Waals surface area contributed by atoms with Crippen LogP contribution in [-0.4, -0.2) is 37.2 Å². The molecule has 0 radical (unpaired) electrons. The Labute approximate surface area is 155 Å². The summed E-state index contributed by atoms with van der Waals surface area (Å²) in [5, 5.41) is 6.72. The van der Waals surface area contributed by atoms with Crippen molar-refractivity contribution in [3.63, 3.8) is 0 Å². The molecule has 0 saturated heterocycles. The lowest BCUT2D eigenvalue weighted by Gasteiger charge is -2.07. The summed E-state index contributed by atoms with van der Waals surface area (Å²) in [6.45, 7) is 0.149. The molecule has 9 heteroatoms. The van der Waals surface area contributed by atoms with E-state index < -0.39 is 15.9 Å². The minimum absolute atomic E-state index is 0.0433. The smallest absolute Gasteiger partial charge is 0.271 e. The monoisotopic (exact) mass is 388 g/mol. The van der Waals surface area contributed by atoms with Crippen LogP contribution in [-0.2, 0) is 10.0 Å². The van der Waals surface area contributed by atoms with Gasteiger partial charge in [-0.25, -0.2) is 22.2 Å². The zero-order chi connectivity index (χ0) is 19.3. The molecule has 2 N–H and O–H groups in total. The van der Waals surface area contributed by atoms with Crippen LogP contribution in [0.4, 0.5) is 4.39 Å². The van der Waals surface area contributed by atoms with Crippen LogP contribution in [0.2, 0.25) is 0 Å². The lowest BCUT2D eigenvalue weighted by molar-refractivity contribution is 0.0949. The van der Waals surface area contributed by atoms with E-state index in [-0.39, 0.29) is 29.5 Å². The Hall–Kier alpha value is -3.04. The van der Waals surface area contributed by atoms with Crippen LogP contribution in [0.5, 0.6) is 0 Å². The van der Waals surface area contributed by atoms with E-state index in [1.165, 1.54) is 35.0 Å². The molecule has 1 aromatic heterocycles. The summed E-state index contributed by atoms with van der Waals surface area (Å²) in [4.78, 5) is 12.3. The molecule has 0 fully saturated rings. The van der Waals surface area contributed by atoms with Crippen LogP contribution >= 0.6 is 0 Å². The Kier molecular flexibility index (Phi) is 5.63. The SMILES string of the molecule is O=C(NCCNS(=O)(=O)c1ccccc1)c1ccn(-c2ccc(F)cc2)n1. The highest BCUT2D eigenvalue weighted by Crippen LogP contribution is 2.09. The number of rotatable bonds is 7. The molecule has 0 saturated carbocycles. The summed E-state index contributed by atoms with van der Waals surface area (Å²) in [5.41, 5.74) is 0.788. The highest BCUT2D eigenvalue weighted by molar-refractivity contribution is 7.89. The second-order valence-electron chi connectivity index (χ2n) is 5.59. The first-order chi connectivity index (χ1) is 13.0. The number of aromatic nitrogens is 2. The number of nitrogens with zero attached hydrogens (tertiary/aromatic N) is 2. The van der Waals surface area contributed by atoms with Crippen LogP contribution in [0.1, 0.15) is 10.5 Å². The minimum atomic E-state index is -3.61. The van der Waals surface area contributed by atoms with Crippen LogP contribution in [0.25, 0.3) is 5.69 Å². The van der Waals surface area contributed by atoms with Crippen molar-refractivity contribution in [2.24, 2.45) is 0 Å². The van der Waals surface area contributed by atoms with Crippen molar-refractivity contribution in [2.75, 3.05) is 13.1 Å². The molecule has 7 nitrogen and oxygen atoms in total. The summed E-state index contributed by atoms with van der Waals surface area (Å²) < 4.78 is 41.0. The van der Waals surface area contributed by atoms with E-state index in [0.29, 0.717) is 5.69 Å². The summed E-state index contributed by atoms with van der Waals surface area (Å²) in [7, 11) is -3.61. The van der Waals surface area contributed by atoms with E-state index in [1.54, 1.807) is 36.5 Å². The number of amides is 1. The molecule has 0 bridgehead atoms. The predicted molar refractivity (Wildman–Crippen MR) is 97.5 cm³/mol. The van der Waals surface area contributed by atoms with Crippen molar-refractivity contribution < 1.29 is 17.6 Å². The highest BCUT2D eigenvalue weighted by Gasteiger charge is 2.13. The van der Waals surface area contributed by atoms with E-state index in [0.717, 1.165) is 0 Å². The number of carbonyl (C=O) groups excluding carboxylic acids is 1. The number of benzene rings is 2. The average Bonchev–Trinajstić information content (AvgIpc) is 3.17. The Balaban J connectivity index is 1.52. The summed E-state index contributed by atoms with van der Waals surface area (Å²) in [5.74, 6) is -0.795. The highest BCUT2D eigenvalue weighted by atomic mass is 32.2. The fraction of sp³-hybridized carbons (Fsp3) is 0.111. The quantitative estimate of drug-likeness (QED) is 0.603. The second kappa shape index (κ2) is 8.11. The van der Waals surface area contributed by atoms with Crippen molar-refractivity contribution in [2.45, 2.75) is 4.90 Å². The van der Waals surface area contributed by atoms with Gasteiger partial charge in [0.05, 0.1) is 10.6 Å². The van der Waals surface area contributed by atoms with Crippen LogP contribution in [0.3, 0.4) is 0 Å². The van der Waals surface area contributed by atoms with Gasteiger partial charge in [-0.1, -0.05) is 18.2 Å². The number of nitrogens with one attached hydrogen (secondary N) is 2. The number of carbonyl (C=O) groups is 1. The first-order valence-electron chi connectivity index (χ1n) is 8.10. The minimum Gasteiger partial charge on any atom is -0.349 e. The Morgan fingerprint density at radius 1 is 1.00 bits per heavy atom. The van der Waals surface area contributed by atoms with E-state index in [4.69, 9.17) is 0 Å². The molecular formula is C18H17FN4O3S. The number of hydrogen-bond donors (Lipinski definition) is 2. The Morgan fingerprint density at radius 3 is 2.41 bits per heavy atom. The van der Waals surface area contributed by atoms with Crippen LogP contribution in [0, 0.1) is 5.82 Å². The van der Waals surface area contributed by atoms with Gasteiger partial charge in [-0.2, -0.15) is 5.10 Å². The third-order valence-corrected chi connectivity index (χ3v) is 5.15. The summed E-state index contributed by atoms with van der Waals surface area (Å²) in [6, 6.07) is 15.2. The molecule has 0 aliphatic heterocycles. The van der Waals surface area contributed by atoms with E-state index in [1.807, 2.05) is 0 Å². The average molecular weight is 388 g/mol. The maximum atomic E-state index is 13.0. The van der Waals surface area contributed by atoms with Gasteiger partial charge in [0.15, 0.2) is 5.69 Å². The van der Waals surface area contributed by atoms with Gasteiger partial charge in [0.2, 0.25) is 10.0 Å². The molecular weight excluding hydrogens is 371 g/mol. The van der Waals surface area contributed by atoms with Crippen molar-refractivity contribution in [1.82, 2.24) is 19.8 Å². The Morgan fingerprint density at radius 2 is 1.70 bits per heavy atom. The van der Waals surface area contributed by atoms with Crippen molar-refractivity contribution >= 4 is 15.9 Å². The molecule has 0 unspecified atom stereocenters. The van der Waals surface area contributed by atoms with Gasteiger partial charge >= 0.3 is 0 Å². The first kappa shape index (κ1) is 18.7. The number of halogens is 1. The van der Waals surface area contributed by atoms with Gasteiger partial charge < -0.3 is 5.32 Å². The van der Waals surface area contributed by atoms with Gasteiger partial charge in [-0.3, -0.25) is 4.79 Å². The fourth-order valence-electron chi connectivity index (χ4n) is 2.32. The summed E-state index contributed by atoms with van der Waals surface area (Å²) in [6.07, 6.45) is 1.58. The maximum absolute atomic E-state index is 13.0. The largest absolute Gasteiger partial charge is 0.349 e. The normalized spacial score (nSPS) is 11.3. The molecule has 3 aromatic rings. The molecule has 3 rings (SSSR count). The zero-order valence-electron chi connectivity index (χ0n) is 14.2. The predicted octanol–water partition coefficient (Wildman–Crippen LogP) is 1.72. The van der Waals surface area contributed by atoms with Gasteiger partial charge in [0.25, 0.3) is 5.91 Å². The number of hydrogen-bond acceptors (Lipinski definition) is 4. The van der Waals surface area contributed by atoms with Gasteiger partial charge in [0, 0.05) is 19.3 Å². The molecule has 27 heavy (non-hydrogen) atoms. The lowest BCUT2D eigenvalue weighted by Crippen LogP contribution is -2.34. The standard InChI is InChI=1S/C18H17FN4O3S/c19-14-6-8-15(9-7-14)23-13-10-17(22-23)18(24)20-11-12-21-27(25,26)16-4-2-1-3-5-16/h1-10,13,21H,11-12H2,(H,20,24). The third-order valence-electron chi connectivity index (χ3n) is 3.67. The lowest BCUT2D eigenvalue weighted by atomic mass is 10.3. The topological polar surface area (TPSA) is 93.1 Å². The molecule has 0 spiro atoms. The molecule has 2 aromatic carbocycles. The Bertz CT molecular complexity index is 1020. The summed E-state index contributed by atoms with van der Waals surface area (Å²) >= 11 is 0. The second-order valence-corrected chi connectivity index (χ2v) is 7.36. The van der Waals surface area contributed by atoms with E-state index in [9.17, 15) is 17.6 Å². The van der Waals surface area contributed by atoms with E-state index in [2.05, 4.69) is 15.1 Å². The maximum Gasteiger partial charge on any atom is 0.271 e. The first-order valence-corrected chi connectivity index (χ1v) is 9.58. The molecule has 0 aliphatic rings. The zero-order valence-corrected chi connectivity index (χ0v) is 15.0. The molecule has 1 heterocycles. The number of sulfonamides is 1. The van der Waals surface area contributed by atoms with Crippen LogP contribution in [0.15, 0.2) is 71.8 Å². The third kappa shape index (κ3) is 4.78. The van der Waals surface area contributed by atoms with Crippen molar-refractivity contribution in [1.29, 1.82) is 0 Å². The van der Waals surface area contributed by atoms with Gasteiger partial charge in [-0.05, 0) is 42.5 Å². The van der Waals surface area contributed by atoms with Crippen LogP contribution < -0.4 is 10.0 Å². The van der Waals surface area contributed by atoms with Crippen molar-refractivity contribution in [3.05, 3.63) is 78.4 Å².